The number of rotatable bonds is 10. The molecular weight excluding hydrogens is 436 g/mol. The van der Waals surface area contributed by atoms with Gasteiger partial charge in [-0.25, -0.2) is 9.59 Å². The minimum absolute atomic E-state index is 0.0485. The van der Waals surface area contributed by atoms with Gasteiger partial charge in [0.05, 0.1) is 23.9 Å². The van der Waals surface area contributed by atoms with Crippen molar-refractivity contribution >= 4 is 12.2 Å². The van der Waals surface area contributed by atoms with E-state index in [9.17, 15) is 9.59 Å². The van der Waals surface area contributed by atoms with Crippen molar-refractivity contribution in [2.75, 3.05) is 33.4 Å². The van der Waals surface area contributed by atoms with Crippen molar-refractivity contribution < 1.29 is 28.5 Å². The molecule has 2 saturated heterocycles. The molecule has 1 aliphatic carbocycles. The number of nitrogens with zero attached hydrogens (tertiary/aromatic N) is 2. The zero-order valence-corrected chi connectivity index (χ0v) is 21.5. The minimum atomic E-state index is -0.385. The third-order valence-corrected chi connectivity index (χ3v) is 7.54. The van der Waals surface area contributed by atoms with Crippen molar-refractivity contribution in [3.8, 4) is 0 Å². The summed E-state index contributed by atoms with van der Waals surface area (Å²) in [4.78, 5) is 28.5. The fraction of sp³-hybridized carbons (Fsp3) is 0.769. The molecule has 8 nitrogen and oxygen atoms in total. The third-order valence-electron chi connectivity index (χ3n) is 7.54. The van der Waals surface area contributed by atoms with Gasteiger partial charge in [-0.15, -0.1) is 0 Å². The Labute approximate surface area is 204 Å². The van der Waals surface area contributed by atoms with Crippen LogP contribution in [0.15, 0.2) is 24.3 Å². The van der Waals surface area contributed by atoms with E-state index in [1.54, 1.807) is 23.0 Å². The molecule has 0 spiro atoms. The molecule has 2 aliphatic heterocycles. The summed E-state index contributed by atoms with van der Waals surface area (Å²) in [5.41, 5.74) is 1.04. The van der Waals surface area contributed by atoms with Crippen molar-refractivity contribution in [2.24, 2.45) is 5.92 Å². The van der Waals surface area contributed by atoms with Gasteiger partial charge in [-0.3, -0.25) is 0 Å². The van der Waals surface area contributed by atoms with Crippen molar-refractivity contribution in [3.05, 3.63) is 24.3 Å². The lowest BCUT2D eigenvalue weighted by molar-refractivity contribution is -0.0608. The first kappa shape index (κ1) is 26.5. The van der Waals surface area contributed by atoms with E-state index in [2.05, 4.69) is 33.4 Å². The molecule has 0 radical (unpaired) electrons. The van der Waals surface area contributed by atoms with Crippen LogP contribution in [-0.4, -0.2) is 85.3 Å². The smallest absolute Gasteiger partial charge is 0.410 e. The van der Waals surface area contributed by atoms with E-state index < -0.39 is 0 Å². The van der Waals surface area contributed by atoms with Crippen LogP contribution in [0.5, 0.6) is 0 Å². The van der Waals surface area contributed by atoms with Gasteiger partial charge in [0.25, 0.3) is 0 Å². The lowest BCUT2D eigenvalue weighted by Gasteiger charge is -2.43. The standard InChI is InChI=1S/C26H42N2O6/c1-7-15-32-24(29)27(8-2)17-19-13-14-28(19)25(30)33-20-10-11-22(31-6)21(16-20)26(5)23(34-26)12-9-18(3)4/h7,9,19-23H,1,8,10-17H2,2-6H3/t19?,20-,21?,22?,23?,26?/m1/s1. The Morgan fingerprint density at radius 2 is 2.03 bits per heavy atom. The number of hydrogen-bond donors (Lipinski definition) is 0. The predicted molar refractivity (Wildman–Crippen MR) is 130 cm³/mol. The molecule has 3 rings (SSSR count). The van der Waals surface area contributed by atoms with Gasteiger partial charge < -0.3 is 28.7 Å². The van der Waals surface area contributed by atoms with E-state index in [4.69, 9.17) is 18.9 Å². The van der Waals surface area contributed by atoms with Gasteiger partial charge in [0.2, 0.25) is 0 Å². The number of amides is 2. The average molecular weight is 479 g/mol. The first-order valence-corrected chi connectivity index (χ1v) is 12.6. The molecule has 192 valence electrons. The summed E-state index contributed by atoms with van der Waals surface area (Å²) >= 11 is 0. The number of likely N-dealkylation sites (N-methyl/N-ethyl adjacent to an activating group) is 1. The van der Waals surface area contributed by atoms with Crippen molar-refractivity contribution in [3.63, 3.8) is 0 Å². The summed E-state index contributed by atoms with van der Waals surface area (Å²) in [6.07, 6.45) is 7.31. The number of methoxy groups -OCH3 is 1. The molecule has 2 amide bonds. The number of carbonyl (C=O) groups excluding carboxylic acids is 2. The first-order valence-electron chi connectivity index (χ1n) is 12.6. The fourth-order valence-corrected chi connectivity index (χ4v) is 5.21. The molecule has 5 unspecified atom stereocenters. The Hall–Kier alpha value is -2.06. The van der Waals surface area contributed by atoms with Crippen LogP contribution in [0.25, 0.3) is 0 Å². The third kappa shape index (κ3) is 6.13. The predicted octanol–water partition coefficient (Wildman–Crippen LogP) is 4.54. The second-order valence-corrected chi connectivity index (χ2v) is 10.0. The molecule has 0 N–H and O–H groups in total. The van der Waals surface area contributed by atoms with Crippen LogP contribution >= 0.6 is 0 Å². The van der Waals surface area contributed by atoms with Gasteiger partial charge in [0.15, 0.2) is 0 Å². The van der Waals surface area contributed by atoms with Gasteiger partial charge in [0.1, 0.15) is 12.7 Å². The van der Waals surface area contributed by atoms with Gasteiger partial charge in [-0.2, -0.15) is 0 Å². The molecule has 2 heterocycles. The first-order chi connectivity index (χ1) is 16.2. The highest BCUT2D eigenvalue weighted by Gasteiger charge is 2.60. The van der Waals surface area contributed by atoms with Crippen LogP contribution in [0.2, 0.25) is 0 Å². The Balaban J connectivity index is 1.54. The molecule has 0 aromatic carbocycles. The number of ether oxygens (including phenoxy) is 4. The largest absolute Gasteiger partial charge is 0.446 e. The molecule has 0 bridgehead atoms. The summed E-state index contributed by atoms with van der Waals surface area (Å²) in [5, 5.41) is 0. The zero-order valence-electron chi connectivity index (χ0n) is 21.5. The maximum Gasteiger partial charge on any atom is 0.410 e. The van der Waals surface area contributed by atoms with Crippen LogP contribution in [-0.2, 0) is 18.9 Å². The average Bonchev–Trinajstić information content (AvgIpc) is 3.46. The van der Waals surface area contributed by atoms with Gasteiger partial charge in [-0.05, 0) is 59.8 Å². The van der Waals surface area contributed by atoms with E-state index in [1.807, 2.05) is 6.92 Å². The molecule has 3 fully saturated rings. The van der Waals surface area contributed by atoms with Crippen LogP contribution < -0.4 is 0 Å². The normalized spacial score (nSPS) is 32.3. The van der Waals surface area contributed by atoms with Crippen molar-refractivity contribution in [1.82, 2.24) is 9.80 Å². The van der Waals surface area contributed by atoms with Crippen LogP contribution in [0.1, 0.15) is 59.8 Å². The Bertz CT molecular complexity index is 766. The van der Waals surface area contributed by atoms with Gasteiger partial charge in [0, 0.05) is 32.7 Å². The minimum Gasteiger partial charge on any atom is -0.446 e. The molecule has 0 aromatic heterocycles. The maximum atomic E-state index is 13.0. The van der Waals surface area contributed by atoms with Crippen LogP contribution in [0.3, 0.4) is 0 Å². The summed E-state index contributed by atoms with van der Waals surface area (Å²) in [7, 11) is 1.76. The monoisotopic (exact) mass is 478 g/mol. The molecule has 0 aromatic rings. The lowest BCUT2D eigenvalue weighted by Crippen LogP contribution is -2.57. The number of carbonyl (C=O) groups is 2. The van der Waals surface area contributed by atoms with Crippen molar-refractivity contribution in [1.29, 1.82) is 0 Å². The molecule has 1 saturated carbocycles. The maximum absolute atomic E-state index is 13.0. The Morgan fingerprint density at radius 1 is 1.26 bits per heavy atom. The van der Waals surface area contributed by atoms with Gasteiger partial charge >= 0.3 is 12.2 Å². The van der Waals surface area contributed by atoms with Crippen LogP contribution in [0, 0.1) is 5.92 Å². The molecule has 8 heteroatoms. The topological polar surface area (TPSA) is 80.8 Å². The molecule has 6 atom stereocenters. The van der Waals surface area contributed by atoms with E-state index in [0.717, 1.165) is 32.1 Å². The number of likely N-dealkylation sites (tertiary alicyclic amines) is 1. The summed E-state index contributed by atoms with van der Waals surface area (Å²) in [6.45, 7) is 13.6. The highest BCUT2D eigenvalue weighted by Crippen LogP contribution is 2.51. The highest BCUT2D eigenvalue weighted by molar-refractivity contribution is 5.70. The fourth-order valence-electron chi connectivity index (χ4n) is 5.21. The summed E-state index contributed by atoms with van der Waals surface area (Å²) in [6, 6.07) is -0.0485. The quantitative estimate of drug-likeness (QED) is 0.339. The zero-order chi connectivity index (χ0) is 24.9. The molecule has 3 aliphatic rings. The number of epoxide rings is 1. The summed E-state index contributed by atoms with van der Waals surface area (Å²) in [5.74, 6) is 0.182. The Kier molecular flexibility index (Phi) is 9.04. The molecule has 34 heavy (non-hydrogen) atoms. The lowest BCUT2D eigenvalue weighted by atomic mass is 9.75. The second kappa shape index (κ2) is 11.6. The number of hydrogen-bond acceptors (Lipinski definition) is 6. The molecular formula is C26H42N2O6. The van der Waals surface area contributed by atoms with E-state index >= 15 is 0 Å². The highest BCUT2D eigenvalue weighted by atomic mass is 16.6. The van der Waals surface area contributed by atoms with E-state index in [0.29, 0.717) is 19.6 Å². The van der Waals surface area contributed by atoms with E-state index in [-0.39, 0.29) is 54.7 Å². The number of allylic oxidation sites excluding steroid dienone is 1. The van der Waals surface area contributed by atoms with Gasteiger partial charge in [-0.1, -0.05) is 24.3 Å². The summed E-state index contributed by atoms with van der Waals surface area (Å²) < 4.78 is 23.1. The second-order valence-electron chi connectivity index (χ2n) is 10.0. The van der Waals surface area contributed by atoms with Crippen molar-refractivity contribution in [2.45, 2.75) is 89.8 Å². The Morgan fingerprint density at radius 3 is 2.62 bits per heavy atom. The van der Waals surface area contributed by atoms with E-state index in [1.165, 1.54) is 5.57 Å². The van der Waals surface area contributed by atoms with Crippen LogP contribution in [0.4, 0.5) is 9.59 Å². The SMILES string of the molecule is C=CCOC(=O)N(CC)CC1CCN1C(=O)O[C@@H]1CCC(OC)C(C2(C)OC2CC=C(C)C)C1.